The highest BCUT2D eigenvalue weighted by Crippen LogP contribution is 2.22. The molecule has 0 spiro atoms. The van der Waals surface area contributed by atoms with E-state index < -0.39 is 0 Å². The molecule has 1 N–H and O–H groups in total. The van der Waals surface area contributed by atoms with Gasteiger partial charge in [0.1, 0.15) is 5.82 Å². The summed E-state index contributed by atoms with van der Waals surface area (Å²) in [6.45, 7) is 5.00. The van der Waals surface area contributed by atoms with Crippen molar-refractivity contribution in [1.29, 1.82) is 0 Å². The average Bonchev–Trinajstić information content (AvgIpc) is 2.45. The van der Waals surface area contributed by atoms with Crippen LogP contribution in [0.3, 0.4) is 0 Å². The van der Waals surface area contributed by atoms with Gasteiger partial charge in [0.2, 0.25) is 5.91 Å². The lowest BCUT2D eigenvalue weighted by molar-refractivity contribution is -0.124. The Balaban J connectivity index is 1.90. The number of rotatable bonds is 5. The van der Waals surface area contributed by atoms with Crippen molar-refractivity contribution in [3.63, 3.8) is 0 Å². The third kappa shape index (κ3) is 4.28. The Morgan fingerprint density at radius 1 is 1.55 bits per heavy atom. The fraction of sp³-hybridized carbons (Fsp3) is 0.533. The van der Waals surface area contributed by atoms with Crippen molar-refractivity contribution >= 4 is 5.91 Å². The van der Waals surface area contributed by atoms with Crippen LogP contribution in [-0.2, 0) is 9.53 Å². The van der Waals surface area contributed by atoms with E-state index in [9.17, 15) is 9.18 Å². The first-order valence-electron chi connectivity index (χ1n) is 7.05. The first-order valence-corrected chi connectivity index (χ1v) is 7.05. The molecule has 5 heteroatoms. The molecular weight excluding hydrogens is 259 g/mol. The smallest absolute Gasteiger partial charge is 0.234 e. The lowest BCUT2D eigenvalue weighted by Crippen LogP contribution is -2.44. The fourth-order valence-corrected chi connectivity index (χ4v) is 2.28. The molecule has 1 aromatic carbocycles. The summed E-state index contributed by atoms with van der Waals surface area (Å²) in [6, 6.07) is 6.45. The van der Waals surface area contributed by atoms with Crippen LogP contribution in [0.25, 0.3) is 0 Å². The standard InChI is InChI=1S/C15H21FN2O2/c1-2-6-17-15(19)11-18-7-8-20-14(10-18)12-4-3-5-13(16)9-12/h3-5,9,14H,2,6-8,10-11H2,1H3,(H,17,19). The normalized spacial score (nSPS) is 19.8. The lowest BCUT2D eigenvalue weighted by Gasteiger charge is -2.32. The van der Waals surface area contributed by atoms with Gasteiger partial charge in [-0.1, -0.05) is 19.1 Å². The summed E-state index contributed by atoms with van der Waals surface area (Å²) in [6.07, 6.45) is 0.763. The predicted octanol–water partition coefficient (Wildman–Crippen LogP) is 1.73. The number of benzene rings is 1. The molecule has 1 atom stereocenters. The largest absolute Gasteiger partial charge is 0.371 e. The van der Waals surface area contributed by atoms with Gasteiger partial charge in [-0.05, 0) is 24.1 Å². The minimum absolute atomic E-state index is 0.0340. The van der Waals surface area contributed by atoms with E-state index in [4.69, 9.17) is 4.74 Å². The van der Waals surface area contributed by atoms with Gasteiger partial charge in [0, 0.05) is 19.6 Å². The molecule has 1 fully saturated rings. The zero-order valence-electron chi connectivity index (χ0n) is 11.8. The molecule has 1 amide bonds. The molecule has 1 unspecified atom stereocenters. The third-order valence-corrected chi connectivity index (χ3v) is 3.31. The quantitative estimate of drug-likeness (QED) is 0.893. The van der Waals surface area contributed by atoms with Crippen LogP contribution in [0.15, 0.2) is 24.3 Å². The maximum Gasteiger partial charge on any atom is 0.234 e. The minimum atomic E-state index is -0.260. The van der Waals surface area contributed by atoms with Crippen LogP contribution in [0.2, 0.25) is 0 Å². The predicted molar refractivity (Wildman–Crippen MR) is 74.8 cm³/mol. The van der Waals surface area contributed by atoms with Crippen LogP contribution in [-0.4, -0.2) is 43.6 Å². The Hall–Kier alpha value is -1.46. The van der Waals surface area contributed by atoms with Crippen molar-refractivity contribution in [1.82, 2.24) is 10.2 Å². The van der Waals surface area contributed by atoms with Gasteiger partial charge in [-0.15, -0.1) is 0 Å². The topological polar surface area (TPSA) is 41.6 Å². The highest BCUT2D eigenvalue weighted by Gasteiger charge is 2.23. The molecule has 0 aliphatic carbocycles. The van der Waals surface area contributed by atoms with E-state index in [0.717, 1.165) is 18.5 Å². The molecule has 1 aliphatic heterocycles. The number of hydrogen-bond donors (Lipinski definition) is 1. The van der Waals surface area contributed by atoms with Crippen LogP contribution in [0, 0.1) is 5.82 Å². The van der Waals surface area contributed by atoms with E-state index in [0.29, 0.717) is 26.2 Å². The van der Waals surface area contributed by atoms with Crippen molar-refractivity contribution in [3.8, 4) is 0 Å². The molecular formula is C15H21FN2O2. The average molecular weight is 280 g/mol. The number of halogens is 1. The SMILES string of the molecule is CCCNC(=O)CN1CCOC(c2cccc(F)c2)C1. The summed E-state index contributed by atoms with van der Waals surface area (Å²) in [5.41, 5.74) is 0.823. The second-order valence-electron chi connectivity index (χ2n) is 5.00. The molecule has 0 bridgehead atoms. The molecule has 1 saturated heterocycles. The van der Waals surface area contributed by atoms with E-state index in [2.05, 4.69) is 5.32 Å². The van der Waals surface area contributed by atoms with Gasteiger partial charge in [-0.3, -0.25) is 9.69 Å². The highest BCUT2D eigenvalue weighted by atomic mass is 19.1. The van der Waals surface area contributed by atoms with Gasteiger partial charge < -0.3 is 10.1 Å². The Labute approximate surface area is 118 Å². The number of amides is 1. The molecule has 0 aromatic heterocycles. The van der Waals surface area contributed by atoms with E-state index >= 15 is 0 Å². The third-order valence-electron chi connectivity index (χ3n) is 3.31. The molecule has 20 heavy (non-hydrogen) atoms. The van der Waals surface area contributed by atoms with Gasteiger partial charge in [0.05, 0.1) is 19.3 Å². The maximum atomic E-state index is 13.2. The Bertz CT molecular complexity index is 453. The summed E-state index contributed by atoms with van der Waals surface area (Å²) in [4.78, 5) is 13.8. The first kappa shape index (κ1) is 14.9. The number of nitrogens with one attached hydrogen (secondary N) is 1. The minimum Gasteiger partial charge on any atom is -0.371 e. The van der Waals surface area contributed by atoms with Crippen LogP contribution in [0.4, 0.5) is 4.39 Å². The maximum absolute atomic E-state index is 13.2. The lowest BCUT2D eigenvalue weighted by atomic mass is 10.1. The zero-order valence-corrected chi connectivity index (χ0v) is 11.8. The monoisotopic (exact) mass is 280 g/mol. The molecule has 1 aromatic rings. The van der Waals surface area contributed by atoms with Gasteiger partial charge >= 0.3 is 0 Å². The Kier molecular flexibility index (Phi) is 5.49. The van der Waals surface area contributed by atoms with Gasteiger partial charge in [-0.2, -0.15) is 0 Å². The van der Waals surface area contributed by atoms with E-state index in [1.807, 2.05) is 17.9 Å². The van der Waals surface area contributed by atoms with Gasteiger partial charge in [0.25, 0.3) is 0 Å². The van der Waals surface area contributed by atoms with E-state index in [1.165, 1.54) is 12.1 Å². The molecule has 110 valence electrons. The van der Waals surface area contributed by atoms with Crippen molar-refractivity contribution in [2.75, 3.05) is 32.8 Å². The van der Waals surface area contributed by atoms with Crippen LogP contribution in [0.5, 0.6) is 0 Å². The molecule has 1 heterocycles. The second kappa shape index (κ2) is 7.36. The molecule has 1 aliphatic rings. The van der Waals surface area contributed by atoms with Crippen molar-refractivity contribution in [2.45, 2.75) is 19.4 Å². The molecule has 2 rings (SSSR count). The summed E-state index contributed by atoms with van der Waals surface area (Å²) in [7, 11) is 0. The van der Waals surface area contributed by atoms with Crippen molar-refractivity contribution in [2.24, 2.45) is 0 Å². The van der Waals surface area contributed by atoms with Crippen molar-refractivity contribution < 1.29 is 13.9 Å². The Morgan fingerprint density at radius 3 is 3.15 bits per heavy atom. The molecule has 4 nitrogen and oxygen atoms in total. The summed E-state index contributed by atoms with van der Waals surface area (Å²) < 4.78 is 18.9. The molecule has 0 saturated carbocycles. The second-order valence-corrected chi connectivity index (χ2v) is 5.00. The van der Waals surface area contributed by atoms with Crippen molar-refractivity contribution in [3.05, 3.63) is 35.6 Å². The fourth-order valence-electron chi connectivity index (χ4n) is 2.28. The summed E-state index contributed by atoms with van der Waals surface area (Å²) in [5.74, 6) is -0.226. The number of morpholine rings is 1. The van der Waals surface area contributed by atoms with Crippen LogP contribution in [0.1, 0.15) is 25.0 Å². The number of carbonyl (C=O) groups is 1. The number of ether oxygens (including phenoxy) is 1. The number of carbonyl (C=O) groups excluding carboxylic acids is 1. The summed E-state index contributed by atoms with van der Waals surface area (Å²) in [5, 5.41) is 2.86. The van der Waals surface area contributed by atoms with E-state index in [1.54, 1.807) is 6.07 Å². The van der Waals surface area contributed by atoms with Crippen LogP contribution < -0.4 is 5.32 Å². The van der Waals surface area contributed by atoms with Gasteiger partial charge in [0.15, 0.2) is 0 Å². The summed E-state index contributed by atoms with van der Waals surface area (Å²) >= 11 is 0. The Morgan fingerprint density at radius 2 is 2.40 bits per heavy atom. The highest BCUT2D eigenvalue weighted by molar-refractivity contribution is 5.77. The van der Waals surface area contributed by atoms with E-state index in [-0.39, 0.29) is 17.8 Å². The molecule has 0 radical (unpaired) electrons. The van der Waals surface area contributed by atoms with Crippen LogP contribution >= 0.6 is 0 Å². The van der Waals surface area contributed by atoms with Gasteiger partial charge in [-0.25, -0.2) is 4.39 Å². The number of nitrogens with zero attached hydrogens (tertiary/aromatic N) is 1. The first-order chi connectivity index (χ1) is 9.69. The number of hydrogen-bond acceptors (Lipinski definition) is 3. The zero-order chi connectivity index (χ0) is 14.4.